The Morgan fingerprint density at radius 2 is 1.93 bits per heavy atom. The molecule has 0 bridgehead atoms. The van der Waals surface area contributed by atoms with Crippen LogP contribution < -0.4 is 4.74 Å². The van der Waals surface area contributed by atoms with Crippen LogP contribution in [-0.2, 0) is 22.4 Å². The fourth-order valence-corrected chi connectivity index (χ4v) is 5.30. The van der Waals surface area contributed by atoms with Gasteiger partial charge in [0, 0.05) is 0 Å². The molecule has 1 N–H and O–H groups in total. The van der Waals surface area contributed by atoms with Gasteiger partial charge in [-0.15, -0.1) is 0 Å². The second kappa shape index (κ2) is 10.3. The molecule has 0 aliphatic heterocycles. The van der Waals surface area contributed by atoms with E-state index in [0.717, 1.165) is 31.4 Å². The van der Waals surface area contributed by atoms with Crippen molar-refractivity contribution >= 4 is 5.97 Å². The van der Waals surface area contributed by atoms with Gasteiger partial charge >= 0.3 is 5.97 Å². The van der Waals surface area contributed by atoms with Gasteiger partial charge < -0.3 is 14.6 Å². The molecule has 28 heavy (non-hydrogen) atoms. The van der Waals surface area contributed by atoms with Gasteiger partial charge in [0.25, 0.3) is 0 Å². The van der Waals surface area contributed by atoms with E-state index in [0.29, 0.717) is 17.8 Å². The Kier molecular flexibility index (Phi) is 7.78. The number of hydrogen-bond acceptors (Lipinski definition) is 4. The summed E-state index contributed by atoms with van der Waals surface area (Å²) in [4.78, 5) is 11.4. The highest BCUT2D eigenvalue weighted by Gasteiger charge is 2.44. The summed E-state index contributed by atoms with van der Waals surface area (Å²) in [5.41, 5.74) is 2.55. The zero-order chi connectivity index (χ0) is 19.9. The first kappa shape index (κ1) is 21.2. The molecule has 0 radical (unpaired) electrons. The number of fused-ring (bicyclic) bond motifs is 2. The average molecular weight is 389 g/mol. The van der Waals surface area contributed by atoms with Gasteiger partial charge in [0.2, 0.25) is 0 Å². The summed E-state index contributed by atoms with van der Waals surface area (Å²) in [6, 6.07) is 6.14. The third-order valence-corrected chi connectivity index (χ3v) is 6.81. The molecule has 3 rings (SSSR count). The zero-order valence-corrected chi connectivity index (χ0v) is 17.5. The molecule has 1 fully saturated rings. The van der Waals surface area contributed by atoms with Crippen molar-refractivity contribution < 1.29 is 19.4 Å². The molecule has 0 aromatic heterocycles. The third kappa shape index (κ3) is 5.08. The van der Waals surface area contributed by atoms with E-state index in [-0.39, 0.29) is 18.7 Å². The van der Waals surface area contributed by atoms with Crippen LogP contribution in [0.3, 0.4) is 0 Å². The normalized spacial score (nSPS) is 25.8. The second-order valence-electron chi connectivity index (χ2n) is 8.61. The van der Waals surface area contributed by atoms with E-state index in [4.69, 9.17) is 4.74 Å². The molecular weight excluding hydrogens is 352 g/mol. The van der Waals surface area contributed by atoms with Crippen molar-refractivity contribution in [3.63, 3.8) is 0 Å². The molecule has 3 unspecified atom stereocenters. The fourth-order valence-electron chi connectivity index (χ4n) is 5.30. The molecule has 156 valence electrons. The lowest BCUT2D eigenvalue weighted by molar-refractivity contribution is -0.142. The van der Waals surface area contributed by atoms with E-state index in [2.05, 4.69) is 17.7 Å². The molecular formula is C24H36O4. The lowest BCUT2D eigenvalue weighted by atomic mass is 9.73. The zero-order valence-electron chi connectivity index (χ0n) is 17.5. The van der Waals surface area contributed by atoms with Crippen molar-refractivity contribution in [3.05, 3.63) is 29.3 Å². The Morgan fingerprint density at radius 1 is 1.14 bits per heavy atom. The van der Waals surface area contributed by atoms with Gasteiger partial charge in [0.05, 0.1) is 13.2 Å². The van der Waals surface area contributed by atoms with Crippen molar-refractivity contribution in [1.82, 2.24) is 0 Å². The van der Waals surface area contributed by atoms with Crippen molar-refractivity contribution in [1.29, 1.82) is 0 Å². The minimum atomic E-state index is -0.360. The Labute approximate surface area is 169 Å². The predicted octanol–water partition coefficient (Wildman–Crippen LogP) is 4.70. The number of carbonyl (C=O) groups is 1. The number of aliphatic hydroxyl groups is 1. The maximum Gasteiger partial charge on any atom is 0.343 e. The Balaban J connectivity index is 1.59. The fraction of sp³-hybridized carbons (Fsp3) is 0.708. The van der Waals surface area contributed by atoms with Crippen LogP contribution in [0.15, 0.2) is 18.2 Å². The van der Waals surface area contributed by atoms with Gasteiger partial charge in [0.15, 0.2) is 6.61 Å². The van der Waals surface area contributed by atoms with Crippen molar-refractivity contribution in [2.45, 2.75) is 77.2 Å². The highest BCUT2D eigenvalue weighted by molar-refractivity contribution is 5.71. The number of unbranched alkanes of at least 4 members (excludes halogenated alkanes) is 5. The van der Waals surface area contributed by atoms with E-state index in [1.807, 2.05) is 12.1 Å². The Hall–Kier alpha value is -1.55. The second-order valence-corrected chi connectivity index (χ2v) is 8.61. The van der Waals surface area contributed by atoms with E-state index in [1.54, 1.807) is 0 Å². The van der Waals surface area contributed by atoms with Crippen LogP contribution in [0.1, 0.15) is 69.4 Å². The van der Waals surface area contributed by atoms with E-state index in [9.17, 15) is 9.90 Å². The SMILES string of the molecule is CCCCCCCCC1C2Cc3cccc(OCC(=O)OC)c3CC2C[C@H]1O. The summed E-state index contributed by atoms with van der Waals surface area (Å²) >= 11 is 0. The van der Waals surface area contributed by atoms with Crippen LogP contribution in [0.4, 0.5) is 0 Å². The van der Waals surface area contributed by atoms with Crippen LogP contribution in [0, 0.1) is 17.8 Å². The van der Waals surface area contributed by atoms with Gasteiger partial charge in [-0.2, -0.15) is 0 Å². The molecule has 0 spiro atoms. The summed E-state index contributed by atoms with van der Waals surface area (Å²) in [5.74, 6) is 1.98. The van der Waals surface area contributed by atoms with E-state index >= 15 is 0 Å². The van der Waals surface area contributed by atoms with Crippen LogP contribution in [0.25, 0.3) is 0 Å². The van der Waals surface area contributed by atoms with Crippen LogP contribution in [-0.4, -0.2) is 30.9 Å². The van der Waals surface area contributed by atoms with Crippen molar-refractivity contribution in [2.75, 3.05) is 13.7 Å². The highest BCUT2D eigenvalue weighted by atomic mass is 16.6. The van der Waals surface area contributed by atoms with Gasteiger partial charge in [-0.25, -0.2) is 4.79 Å². The van der Waals surface area contributed by atoms with Crippen LogP contribution in [0.5, 0.6) is 5.75 Å². The lowest BCUT2D eigenvalue weighted by Crippen LogP contribution is -2.27. The molecule has 4 heteroatoms. The average Bonchev–Trinajstić information content (AvgIpc) is 3.01. The molecule has 0 amide bonds. The van der Waals surface area contributed by atoms with Crippen molar-refractivity contribution in [2.24, 2.45) is 17.8 Å². The molecule has 4 nitrogen and oxygen atoms in total. The van der Waals surface area contributed by atoms with Gasteiger partial charge in [-0.3, -0.25) is 0 Å². The first-order chi connectivity index (χ1) is 13.6. The molecule has 2 aliphatic carbocycles. The number of methoxy groups -OCH3 is 1. The number of carbonyl (C=O) groups excluding carboxylic acids is 1. The third-order valence-electron chi connectivity index (χ3n) is 6.81. The molecule has 2 aliphatic rings. The molecule has 0 saturated heterocycles. The quantitative estimate of drug-likeness (QED) is 0.466. The smallest absolute Gasteiger partial charge is 0.343 e. The first-order valence-electron chi connectivity index (χ1n) is 11.1. The summed E-state index contributed by atoms with van der Waals surface area (Å²) in [6.45, 7) is 2.20. The number of aliphatic hydroxyl groups excluding tert-OH is 1. The molecule has 1 aromatic carbocycles. The number of hydrogen-bond donors (Lipinski definition) is 1. The number of benzene rings is 1. The van der Waals surface area contributed by atoms with E-state index in [1.165, 1.54) is 56.8 Å². The summed E-state index contributed by atoms with van der Waals surface area (Å²) < 4.78 is 10.4. The molecule has 1 aromatic rings. The highest BCUT2D eigenvalue weighted by Crippen LogP contribution is 2.48. The van der Waals surface area contributed by atoms with Gasteiger partial charge in [0.1, 0.15) is 5.75 Å². The predicted molar refractivity (Wildman–Crippen MR) is 110 cm³/mol. The maximum atomic E-state index is 11.4. The number of rotatable bonds is 10. The summed E-state index contributed by atoms with van der Waals surface area (Å²) in [5, 5.41) is 10.7. The number of ether oxygens (including phenoxy) is 2. The minimum absolute atomic E-state index is 0.0513. The van der Waals surface area contributed by atoms with Crippen LogP contribution in [0.2, 0.25) is 0 Å². The lowest BCUT2D eigenvalue weighted by Gasteiger charge is -2.32. The first-order valence-corrected chi connectivity index (χ1v) is 11.1. The summed E-state index contributed by atoms with van der Waals surface area (Å²) in [6.07, 6.45) is 11.7. The Bertz CT molecular complexity index is 641. The largest absolute Gasteiger partial charge is 0.482 e. The summed E-state index contributed by atoms with van der Waals surface area (Å²) in [7, 11) is 1.38. The molecule has 1 saturated carbocycles. The van der Waals surface area contributed by atoms with E-state index < -0.39 is 0 Å². The van der Waals surface area contributed by atoms with Gasteiger partial charge in [-0.1, -0.05) is 57.6 Å². The molecule has 4 atom stereocenters. The van der Waals surface area contributed by atoms with Crippen LogP contribution >= 0.6 is 0 Å². The van der Waals surface area contributed by atoms with Crippen molar-refractivity contribution in [3.8, 4) is 5.75 Å². The minimum Gasteiger partial charge on any atom is -0.482 e. The monoisotopic (exact) mass is 388 g/mol. The standard InChI is InChI=1S/C24H36O4/c1-3-4-5-6-7-8-11-19-20-13-17-10-9-12-23(28-16-24(26)27-2)21(17)14-18(20)15-22(19)25/h9-10,12,18-20,22,25H,3-8,11,13-16H2,1-2H3/t18?,19?,20?,22-/m1/s1. The maximum absolute atomic E-state index is 11.4. The number of esters is 1. The van der Waals surface area contributed by atoms with Gasteiger partial charge in [-0.05, 0) is 60.6 Å². The topological polar surface area (TPSA) is 55.8 Å². The molecule has 0 heterocycles. The Morgan fingerprint density at radius 3 is 2.71 bits per heavy atom.